The highest BCUT2D eigenvalue weighted by Crippen LogP contribution is 2.15. The summed E-state index contributed by atoms with van der Waals surface area (Å²) in [6.45, 7) is 3.05. The van der Waals surface area contributed by atoms with Crippen molar-refractivity contribution in [3.05, 3.63) is 69.8 Å². The van der Waals surface area contributed by atoms with Gasteiger partial charge in [0.2, 0.25) is 0 Å². The summed E-state index contributed by atoms with van der Waals surface area (Å²) in [5, 5.41) is 14.0. The number of aryl methyl sites for hydroxylation is 2. The Hall–Kier alpha value is -3.68. The van der Waals surface area contributed by atoms with E-state index in [0.29, 0.717) is 22.3 Å². The molecule has 0 saturated carbocycles. The van der Waals surface area contributed by atoms with Crippen LogP contribution < -0.4 is 15.8 Å². The molecule has 0 aliphatic heterocycles. The second kappa shape index (κ2) is 7.69. The van der Waals surface area contributed by atoms with E-state index in [0.717, 1.165) is 10.3 Å². The van der Waals surface area contributed by atoms with Gasteiger partial charge in [0.25, 0.3) is 11.5 Å². The molecule has 0 radical (unpaired) electrons. The number of hydrogen-bond donors (Lipinski definition) is 2. The number of hydrazone groups is 1. The Labute approximate surface area is 154 Å². The Bertz CT molecular complexity index is 1090. The maximum absolute atomic E-state index is 12.4. The normalized spacial score (nSPS) is 11.0. The van der Waals surface area contributed by atoms with Crippen LogP contribution in [-0.4, -0.2) is 33.5 Å². The van der Waals surface area contributed by atoms with E-state index in [1.807, 2.05) is 13.0 Å². The number of fused-ring (bicyclic) bond motifs is 1. The lowest BCUT2D eigenvalue weighted by atomic mass is 10.1. The summed E-state index contributed by atoms with van der Waals surface area (Å²) in [4.78, 5) is 33.9. The summed E-state index contributed by atoms with van der Waals surface area (Å²) in [5.41, 5.74) is 3.82. The number of hydrogen-bond acceptors (Lipinski definition) is 6. The molecule has 2 aromatic carbocycles. The number of nitrogens with zero attached hydrogens (tertiary/aromatic N) is 3. The summed E-state index contributed by atoms with van der Waals surface area (Å²) in [7, 11) is 0. The van der Waals surface area contributed by atoms with Crippen LogP contribution in [0.3, 0.4) is 0 Å². The number of phenolic OH excluding ortho intramolecular Hbond substituents is 1. The van der Waals surface area contributed by atoms with E-state index in [1.54, 1.807) is 43.3 Å². The standard InChI is InChI=1S/C19H18N4O4/c1-12-7-8-14(17(24)9-12)10-20-22-18(25)11-27-23-13(2)21-16-6-4-3-5-15(16)19(23)26/h3-10,24H,11H2,1-2H3,(H,22,25). The Morgan fingerprint density at radius 1 is 1.30 bits per heavy atom. The number of carbonyl (C=O) groups excluding carboxylic acids is 1. The van der Waals surface area contributed by atoms with Gasteiger partial charge in [-0.1, -0.05) is 18.2 Å². The van der Waals surface area contributed by atoms with E-state index < -0.39 is 12.5 Å². The van der Waals surface area contributed by atoms with Gasteiger partial charge < -0.3 is 9.94 Å². The topological polar surface area (TPSA) is 106 Å². The van der Waals surface area contributed by atoms with Crippen molar-refractivity contribution in [2.75, 3.05) is 6.61 Å². The van der Waals surface area contributed by atoms with Gasteiger partial charge in [0.05, 0.1) is 17.1 Å². The fourth-order valence-electron chi connectivity index (χ4n) is 2.47. The highest BCUT2D eigenvalue weighted by atomic mass is 16.7. The maximum Gasteiger partial charge on any atom is 0.294 e. The fourth-order valence-corrected chi connectivity index (χ4v) is 2.47. The van der Waals surface area contributed by atoms with Gasteiger partial charge >= 0.3 is 0 Å². The van der Waals surface area contributed by atoms with E-state index in [-0.39, 0.29) is 11.3 Å². The zero-order chi connectivity index (χ0) is 19.4. The van der Waals surface area contributed by atoms with Gasteiger partial charge in [0, 0.05) is 5.56 Å². The lowest BCUT2D eigenvalue weighted by Crippen LogP contribution is -2.35. The maximum atomic E-state index is 12.4. The molecule has 0 aliphatic carbocycles. The largest absolute Gasteiger partial charge is 0.507 e. The first-order valence-electron chi connectivity index (χ1n) is 8.19. The molecule has 0 atom stereocenters. The zero-order valence-electron chi connectivity index (χ0n) is 14.8. The minimum absolute atomic E-state index is 0.0636. The molecule has 1 aromatic heterocycles. The van der Waals surface area contributed by atoms with E-state index in [1.165, 1.54) is 6.21 Å². The predicted octanol–water partition coefficient (Wildman–Crippen LogP) is 1.30. The number of para-hydroxylation sites is 1. The van der Waals surface area contributed by atoms with Crippen molar-refractivity contribution in [2.24, 2.45) is 5.10 Å². The van der Waals surface area contributed by atoms with Crippen LogP contribution in [0.15, 0.2) is 52.4 Å². The minimum atomic E-state index is -0.558. The molecular weight excluding hydrogens is 348 g/mol. The predicted molar refractivity (Wildman–Crippen MR) is 101 cm³/mol. The zero-order valence-corrected chi connectivity index (χ0v) is 14.8. The number of rotatable bonds is 5. The quantitative estimate of drug-likeness (QED) is 0.523. The molecule has 8 heteroatoms. The molecule has 3 aromatic rings. The first kappa shape index (κ1) is 18.1. The first-order valence-corrected chi connectivity index (χ1v) is 8.19. The van der Waals surface area contributed by atoms with Crippen LogP contribution in [0.1, 0.15) is 17.0 Å². The van der Waals surface area contributed by atoms with Gasteiger partial charge in [-0.2, -0.15) is 5.10 Å². The molecule has 0 fully saturated rings. The molecule has 1 heterocycles. The van der Waals surface area contributed by atoms with Crippen molar-refractivity contribution < 1.29 is 14.7 Å². The highest BCUT2D eigenvalue weighted by Gasteiger charge is 2.10. The van der Waals surface area contributed by atoms with Gasteiger partial charge in [-0.05, 0) is 43.7 Å². The third-order valence-electron chi connectivity index (χ3n) is 3.80. The molecule has 0 saturated heterocycles. The van der Waals surface area contributed by atoms with Crippen molar-refractivity contribution in [1.82, 2.24) is 15.1 Å². The molecule has 8 nitrogen and oxygen atoms in total. The van der Waals surface area contributed by atoms with E-state index in [9.17, 15) is 14.7 Å². The van der Waals surface area contributed by atoms with Crippen LogP contribution in [0.5, 0.6) is 5.75 Å². The minimum Gasteiger partial charge on any atom is -0.507 e. The van der Waals surface area contributed by atoms with Crippen molar-refractivity contribution >= 4 is 23.0 Å². The van der Waals surface area contributed by atoms with Crippen molar-refractivity contribution in [2.45, 2.75) is 13.8 Å². The molecule has 2 N–H and O–H groups in total. The second-order valence-electron chi connectivity index (χ2n) is 5.90. The molecule has 0 bridgehead atoms. The number of nitrogens with one attached hydrogen (secondary N) is 1. The lowest BCUT2D eigenvalue weighted by Gasteiger charge is -2.11. The van der Waals surface area contributed by atoms with Gasteiger partial charge in [-0.25, -0.2) is 10.4 Å². The van der Waals surface area contributed by atoms with E-state index in [2.05, 4.69) is 15.5 Å². The Morgan fingerprint density at radius 3 is 2.85 bits per heavy atom. The summed E-state index contributed by atoms with van der Waals surface area (Å²) < 4.78 is 0.984. The molecule has 0 unspecified atom stereocenters. The number of benzene rings is 2. The summed E-state index contributed by atoms with van der Waals surface area (Å²) in [6.07, 6.45) is 1.32. The van der Waals surface area contributed by atoms with Gasteiger partial charge in [-0.15, -0.1) is 4.73 Å². The average molecular weight is 366 g/mol. The molecule has 1 amide bonds. The molecule has 138 valence electrons. The highest BCUT2D eigenvalue weighted by molar-refractivity contribution is 5.85. The number of amides is 1. The lowest BCUT2D eigenvalue weighted by molar-refractivity contribution is -0.126. The van der Waals surface area contributed by atoms with Crippen LogP contribution in [0.4, 0.5) is 0 Å². The van der Waals surface area contributed by atoms with Crippen LogP contribution in [0, 0.1) is 13.8 Å². The monoisotopic (exact) mass is 366 g/mol. The number of phenols is 1. The number of aromatic hydroxyl groups is 1. The van der Waals surface area contributed by atoms with Crippen LogP contribution in [0.2, 0.25) is 0 Å². The van der Waals surface area contributed by atoms with Gasteiger partial charge in [-0.3, -0.25) is 9.59 Å². The summed E-state index contributed by atoms with van der Waals surface area (Å²) in [6, 6.07) is 12.0. The third kappa shape index (κ3) is 4.12. The van der Waals surface area contributed by atoms with E-state index >= 15 is 0 Å². The Kier molecular flexibility index (Phi) is 5.16. The summed E-state index contributed by atoms with van der Waals surface area (Å²) in [5.74, 6) is -0.162. The third-order valence-corrected chi connectivity index (χ3v) is 3.80. The van der Waals surface area contributed by atoms with Crippen LogP contribution >= 0.6 is 0 Å². The number of carbonyl (C=O) groups is 1. The van der Waals surface area contributed by atoms with Gasteiger partial charge in [0.1, 0.15) is 11.6 Å². The molecule has 0 aliphatic rings. The summed E-state index contributed by atoms with van der Waals surface area (Å²) >= 11 is 0. The SMILES string of the molecule is Cc1ccc(C=NNC(=O)COn2c(C)nc3ccccc3c2=O)c(O)c1. The van der Waals surface area contributed by atoms with E-state index in [4.69, 9.17) is 4.84 Å². The first-order chi connectivity index (χ1) is 13.0. The molecular formula is C19H18N4O4. The van der Waals surface area contributed by atoms with Crippen molar-refractivity contribution in [3.8, 4) is 5.75 Å². The number of aromatic nitrogens is 2. The van der Waals surface area contributed by atoms with Crippen molar-refractivity contribution in [3.63, 3.8) is 0 Å². The van der Waals surface area contributed by atoms with Crippen molar-refractivity contribution in [1.29, 1.82) is 0 Å². The molecule has 3 rings (SSSR count). The Balaban J connectivity index is 1.65. The van der Waals surface area contributed by atoms with Crippen LogP contribution in [-0.2, 0) is 4.79 Å². The van der Waals surface area contributed by atoms with Crippen LogP contribution in [0.25, 0.3) is 10.9 Å². The second-order valence-corrected chi connectivity index (χ2v) is 5.90. The fraction of sp³-hybridized carbons (Fsp3) is 0.158. The van der Waals surface area contributed by atoms with Gasteiger partial charge in [0.15, 0.2) is 6.61 Å². The molecule has 0 spiro atoms. The smallest absolute Gasteiger partial charge is 0.294 e. The Morgan fingerprint density at radius 2 is 2.07 bits per heavy atom. The average Bonchev–Trinajstić information content (AvgIpc) is 2.63. The molecule has 27 heavy (non-hydrogen) atoms.